The van der Waals surface area contributed by atoms with Gasteiger partial charge in [0.25, 0.3) is 0 Å². The highest BCUT2D eigenvalue weighted by Gasteiger charge is 2.42. The molecular formula is C20H11ClF4N4O5S. The molecule has 0 aliphatic carbocycles. The van der Waals surface area contributed by atoms with Gasteiger partial charge < -0.3 is 9.63 Å². The number of aromatic nitrogens is 3. The van der Waals surface area contributed by atoms with Crippen LogP contribution in [0.5, 0.6) is 0 Å². The number of carboxylic acid groups (broad SMARTS) is 1. The predicted molar refractivity (Wildman–Crippen MR) is 113 cm³/mol. The lowest BCUT2D eigenvalue weighted by Crippen LogP contribution is -2.16. The Bertz CT molecular complexity index is 1560. The Hall–Kier alpha value is -3.75. The van der Waals surface area contributed by atoms with Crippen LogP contribution < -0.4 is 5.14 Å². The second-order valence-corrected chi connectivity index (χ2v) is 8.96. The van der Waals surface area contributed by atoms with Gasteiger partial charge in [-0.2, -0.15) is 18.3 Å². The number of hydrogen-bond acceptors (Lipinski definition) is 6. The molecule has 0 saturated heterocycles. The first-order chi connectivity index (χ1) is 16.3. The molecule has 0 aliphatic rings. The Balaban J connectivity index is 1.99. The third kappa shape index (κ3) is 4.38. The largest absolute Gasteiger partial charge is 0.477 e. The average Bonchev–Trinajstić information content (AvgIpc) is 3.37. The van der Waals surface area contributed by atoms with Gasteiger partial charge in [0.05, 0.1) is 32.9 Å². The van der Waals surface area contributed by atoms with Crippen molar-refractivity contribution in [1.29, 1.82) is 0 Å². The van der Waals surface area contributed by atoms with E-state index in [0.717, 1.165) is 30.3 Å². The summed E-state index contributed by atoms with van der Waals surface area (Å²) < 4.78 is 85.4. The number of alkyl halides is 3. The fourth-order valence-corrected chi connectivity index (χ4v) is 4.15. The number of aromatic carboxylic acids is 1. The lowest BCUT2D eigenvalue weighted by molar-refractivity contribution is -0.142. The number of sulfonamides is 1. The number of rotatable bonds is 5. The molecule has 182 valence electrons. The van der Waals surface area contributed by atoms with Crippen LogP contribution in [-0.2, 0) is 16.2 Å². The molecule has 0 fully saturated rings. The van der Waals surface area contributed by atoms with E-state index in [2.05, 4.69) is 10.3 Å². The molecule has 0 spiro atoms. The van der Waals surface area contributed by atoms with E-state index in [-0.39, 0.29) is 10.7 Å². The monoisotopic (exact) mass is 530 g/mol. The lowest BCUT2D eigenvalue weighted by Gasteiger charge is -2.13. The Labute approximate surface area is 198 Å². The van der Waals surface area contributed by atoms with Crippen molar-refractivity contribution in [3.8, 4) is 28.3 Å². The molecule has 0 amide bonds. The zero-order chi connectivity index (χ0) is 25.7. The fraction of sp³-hybridized carbons (Fsp3) is 0.0500. The topological polar surface area (TPSA) is 141 Å². The number of nitrogens with zero attached hydrogens (tertiary/aromatic N) is 3. The van der Waals surface area contributed by atoms with Crippen molar-refractivity contribution < 1.29 is 40.4 Å². The summed E-state index contributed by atoms with van der Waals surface area (Å²) >= 11 is 5.97. The molecular weight excluding hydrogens is 520 g/mol. The maximum atomic E-state index is 14.4. The molecule has 4 rings (SSSR count). The van der Waals surface area contributed by atoms with Crippen molar-refractivity contribution in [2.24, 2.45) is 5.14 Å². The zero-order valence-corrected chi connectivity index (χ0v) is 18.5. The highest BCUT2D eigenvalue weighted by atomic mass is 35.5. The summed E-state index contributed by atoms with van der Waals surface area (Å²) in [7, 11) is -4.26. The molecule has 0 saturated carbocycles. The molecule has 2 aromatic carbocycles. The molecule has 0 bridgehead atoms. The van der Waals surface area contributed by atoms with Gasteiger partial charge in [0.2, 0.25) is 10.0 Å². The number of benzene rings is 2. The predicted octanol–water partition coefficient (Wildman–Crippen LogP) is 4.35. The molecule has 4 aromatic rings. The van der Waals surface area contributed by atoms with Gasteiger partial charge in [-0.1, -0.05) is 28.9 Å². The molecule has 2 heterocycles. The summed E-state index contributed by atoms with van der Waals surface area (Å²) in [5, 5.41) is 21.7. The van der Waals surface area contributed by atoms with Crippen molar-refractivity contribution in [3.63, 3.8) is 0 Å². The van der Waals surface area contributed by atoms with E-state index in [1.165, 1.54) is 12.1 Å². The van der Waals surface area contributed by atoms with Crippen molar-refractivity contribution in [3.05, 3.63) is 70.8 Å². The van der Waals surface area contributed by atoms with E-state index in [0.29, 0.717) is 10.9 Å². The van der Waals surface area contributed by atoms with Crippen LogP contribution >= 0.6 is 11.6 Å². The Morgan fingerprint density at radius 3 is 2.46 bits per heavy atom. The molecule has 35 heavy (non-hydrogen) atoms. The van der Waals surface area contributed by atoms with Gasteiger partial charge in [0.15, 0.2) is 11.5 Å². The van der Waals surface area contributed by atoms with E-state index in [1.807, 2.05) is 0 Å². The Morgan fingerprint density at radius 2 is 1.86 bits per heavy atom. The van der Waals surface area contributed by atoms with E-state index >= 15 is 0 Å². The second kappa shape index (κ2) is 8.48. The number of carbonyl (C=O) groups is 1. The van der Waals surface area contributed by atoms with Crippen molar-refractivity contribution in [2.45, 2.75) is 11.1 Å². The SMILES string of the molecule is NS(=O)(=O)c1cccc(-n2ncc(-c3onc(-c4c(F)cccc4Cl)c3C(=O)O)c2C(F)(F)F)c1. The lowest BCUT2D eigenvalue weighted by atomic mass is 10.0. The minimum atomic E-state index is -5.14. The van der Waals surface area contributed by atoms with Gasteiger partial charge in [-0.25, -0.2) is 27.4 Å². The van der Waals surface area contributed by atoms with Crippen LogP contribution in [0, 0.1) is 5.82 Å². The first-order valence-electron chi connectivity index (χ1n) is 9.27. The summed E-state index contributed by atoms with van der Waals surface area (Å²) in [5.41, 5.74) is -4.70. The van der Waals surface area contributed by atoms with Gasteiger partial charge in [-0.05, 0) is 30.3 Å². The van der Waals surface area contributed by atoms with Gasteiger partial charge in [-0.15, -0.1) is 0 Å². The zero-order valence-electron chi connectivity index (χ0n) is 16.9. The minimum Gasteiger partial charge on any atom is -0.477 e. The summed E-state index contributed by atoms with van der Waals surface area (Å²) in [6.07, 6.45) is -4.48. The minimum absolute atomic E-state index is 0.251. The molecule has 0 aliphatic heterocycles. The summed E-state index contributed by atoms with van der Waals surface area (Å²) in [4.78, 5) is 11.5. The summed E-state index contributed by atoms with van der Waals surface area (Å²) in [5.74, 6) is -3.62. The van der Waals surface area contributed by atoms with E-state index in [1.54, 1.807) is 0 Å². The molecule has 0 atom stereocenters. The second-order valence-electron chi connectivity index (χ2n) is 7.00. The maximum Gasteiger partial charge on any atom is 0.434 e. The molecule has 0 unspecified atom stereocenters. The molecule has 0 radical (unpaired) electrons. The normalized spacial score (nSPS) is 12.2. The van der Waals surface area contributed by atoms with Crippen LogP contribution in [0.2, 0.25) is 5.02 Å². The Morgan fingerprint density at radius 1 is 1.17 bits per heavy atom. The van der Waals surface area contributed by atoms with Gasteiger partial charge >= 0.3 is 12.1 Å². The van der Waals surface area contributed by atoms with E-state index < -0.39 is 66.7 Å². The quantitative estimate of drug-likeness (QED) is 0.365. The number of hydrogen-bond donors (Lipinski definition) is 2. The first kappa shape index (κ1) is 24.4. The van der Waals surface area contributed by atoms with Crippen molar-refractivity contribution >= 4 is 27.6 Å². The maximum absolute atomic E-state index is 14.4. The molecule has 3 N–H and O–H groups in total. The van der Waals surface area contributed by atoms with Crippen LogP contribution in [0.15, 0.2) is 58.1 Å². The van der Waals surface area contributed by atoms with Gasteiger partial charge in [0.1, 0.15) is 17.1 Å². The van der Waals surface area contributed by atoms with Crippen LogP contribution in [0.25, 0.3) is 28.3 Å². The van der Waals surface area contributed by atoms with E-state index in [9.17, 15) is 35.9 Å². The number of nitrogens with two attached hydrogens (primary N) is 1. The van der Waals surface area contributed by atoms with Crippen molar-refractivity contribution in [2.75, 3.05) is 0 Å². The van der Waals surface area contributed by atoms with Crippen molar-refractivity contribution in [1.82, 2.24) is 14.9 Å². The van der Waals surface area contributed by atoms with Crippen LogP contribution in [-0.4, -0.2) is 34.4 Å². The van der Waals surface area contributed by atoms with Crippen LogP contribution in [0.1, 0.15) is 16.1 Å². The fourth-order valence-electron chi connectivity index (χ4n) is 3.34. The summed E-state index contributed by atoms with van der Waals surface area (Å²) in [6.45, 7) is 0. The van der Waals surface area contributed by atoms with Gasteiger partial charge in [0, 0.05) is 0 Å². The molecule has 2 aromatic heterocycles. The summed E-state index contributed by atoms with van der Waals surface area (Å²) in [6, 6.07) is 7.63. The third-order valence-corrected chi connectivity index (χ3v) is 6.00. The number of halogens is 5. The smallest absolute Gasteiger partial charge is 0.434 e. The van der Waals surface area contributed by atoms with Gasteiger partial charge in [-0.3, -0.25) is 0 Å². The first-order valence-corrected chi connectivity index (χ1v) is 11.2. The highest BCUT2D eigenvalue weighted by Crippen LogP contribution is 2.42. The Kier molecular flexibility index (Phi) is 5.91. The molecule has 15 heteroatoms. The standard InChI is InChI=1S/C20H11ClF4N4O5S/c21-12-5-2-6-13(22)14(12)16-15(19(30)31)17(34-28-16)11-8-27-29(18(11)20(23,24)25)9-3-1-4-10(7-9)35(26,32)33/h1-8H,(H,30,31)(H2,26,32,33). The number of carboxylic acids is 1. The van der Waals surface area contributed by atoms with E-state index in [4.69, 9.17) is 21.3 Å². The van der Waals surface area contributed by atoms with Crippen LogP contribution in [0.4, 0.5) is 17.6 Å². The average molecular weight is 531 g/mol. The molecule has 9 nitrogen and oxygen atoms in total. The highest BCUT2D eigenvalue weighted by molar-refractivity contribution is 7.89. The van der Waals surface area contributed by atoms with Crippen LogP contribution in [0.3, 0.4) is 0 Å². The third-order valence-electron chi connectivity index (χ3n) is 4.78. The number of primary sulfonamides is 1.